The van der Waals surface area contributed by atoms with Gasteiger partial charge in [0.05, 0.1) is 12.7 Å². The maximum atomic E-state index is 9.44. The van der Waals surface area contributed by atoms with Gasteiger partial charge in [0.25, 0.3) is 0 Å². The molecular weight excluding hydrogens is 202 g/mol. The Balaban J connectivity index is 2.03. The third kappa shape index (κ3) is 2.74. The van der Waals surface area contributed by atoms with Crippen LogP contribution in [0, 0.1) is 0 Å². The smallest absolute Gasteiger partial charge is 0.115 e. The Labute approximate surface area is 96.6 Å². The Morgan fingerprint density at radius 3 is 3.12 bits per heavy atom. The zero-order chi connectivity index (χ0) is 11.4. The van der Waals surface area contributed by atoms with Crippen molar-refractivity contribution in [2.45, 2.75) is 19.4 Å². The molecule has 1 aliphatic rings. The summed E-state index contributed by atoms with van der Waals surface area (Å²) >= 11 is 0. The normalized spacial score (nSPS) is 22.2. The summed E-state index contributed by atoms with van der Waals surface area (Å²) in [7, 11) is 0. The van der Waals surface area contributed by atoms with Crippen molar-refractivity contribution in [3.05, 3.63) is 29.8 Å². The van der Waals surface area contributed by atoms with Crippen molar-refractivity contribution in [3.63, 3.8) is 0 Å². The third-order valence-electron chi connectivity index (χ3n) is 2.93. The molecule has 0 amide bonds. The van der Waals surface area contributed by atoms with E-state index < -0.39 is 0 Å². The molecule has 0 bridgehead atoms. The number of ether oxygens (including phenoxy) is 1. The van der Waals surface area contributed by atoms with E-state index in [1.54, 1.807) is 12.1 Å². The molecule has 1 aromatic carbocycles. The minimum Gasteiger partial charge on any atom is -0.508 e. The summed E-state index contributed by atoms with van der Waals surface area (Å²) in [5, 5.41) is 9.44. The number of rotatable bonds is 3. The zero-order valence-electron chi connectivity index (χ0n) is 9.72. The van der Waals surface area contributed by atoms with E-state index >= 15 is 0 Å². The van der Waals surface area contributed by atoms with Gasteiger partial charge in [0.1, 0.15) is 5.75 Å². The fourth-order valence-electron chi connectivity index (χ4n) is 2.15. The molecule has 0 spiro atoms. The first-order chi connectivity index (χ1) is 7.79. The van der Waals surface area contributed by atoms with Gasteiger partial charge in [-0.3, -0.25) is 4.90 Å². The molecule has 2 rings (SSSR count). The standard InChI is InChI=1S/C13H19NO2/c1-2-6-14-7-8-16-13(10-14)11-4-3-5-12(15)9-11/h3-5,9,13,15H,2,6-8,10H2,1H3/t13-/m1/s1. The van der Waals surface area contributed by atoms with Crippen LogP contribution in [0.1, 0.15) is 25.0 Å². The fourth-order valence-corrected chi connectivity index (χ4v) is 2.15. The molecule has 0 unspecified atom stereocenters. The van der Waals surface area contributed by atoms with Crippen LogP contribution < -0.4 is 0 Å². The Hall–Kier alpha value is -1.06. The van der Waals surface area contributed by atoms with Crippen molar-refractivity contribution in [1.82, 2.24) is 4.90 Å². The summed E-state index contributed by atoms with van der Waals surface area (Å²) < 4.78 is 5.74. The van der Waals surface area contributed by atoms with E-state index in [9.17, 15) is 5.11 Å². The number of aromatic hydroxyl groups is 1. The van der Waals surface area contributed by atoms with Gasteiger partial charge in [0, 0.05) is 13.1 Å². The van der Waals surface area contributed by atoms with Crippen molar-refractivity contribution in [2.75, 3.05) is 26.2 Å². The number of hydrogen-bond acceptors (Lipinski definition) is 3. The van der Waals surface area contributed by atoms with Gasteiger partial charge in [-0.1, -0.05) is 19.1 Å². The number of hydrogen-bond donors (Lipinski definition) is 1. The van der Waals surface area contributed by atoms with Gasteiger partial charge in [0.2, 0.25) is 0 Å². The van der Waals surface area contributed by atoms with Gasteiger partial charge >= 0.3 is 0 Å². The maximum Gasteiger partial charge on any atom is 0.115 e. The maximum absolute atomic E-state index is 9.44. The van der Waals surface area contributed by atoms with E-state index in [4.69, 9.17) is 4.74 Å². The molecule has 3 nitrogen and oxygen atoms in total. The lowest BCUT2D eigenvalue weighted by Crippen LogP contribution is -2.38. The van der Waals surface area contributed by atoms with Gasteiger partial charge < -0.3 is 9.84 Å². The van der Waals surface area contributed by atoms with Crippen LogP contribution in [-0.4, -0.2) is 36.2 Å². The molecule has 3 heteroatoms. The van der Waals surface area contributed by atoms with Gasteiger partial charge in [-0.2, -0.15) is 0 Å². The van der Waals surface area contributed by atoms with Crippen LogP contribution in [0.4, 0.5) is 0 Å². The van der Waals surface area contributed by atoms with E-state index in [0.717, 1.165) is 31.8 Å². The lowest BCUT2D eigenvalue weighted by molar-refractivity contribution is -0.0299. The molecule has 1 fully saturated rings. The highest BCUT2D eigenvalue weighted by atomic mass is 16.5. The number of benzene rings is 1. The highest BCUT2D eigenvalue weighted by Gasteiger charge is 2.21. The van der Waals surface area contributed by atoms with Crippen LogP contribution in [0.15, 0.2) is 24.3 Å². The fraction of sp³-hybridized carbons (Fsp3) is 0.538. The summed E-state index contributed by atoms with van der Waals surface area (Å²) in [5.74, 6) is 0.314. The summed E-state index contributed by atoms with van der Waals surface area (Å²) in [6.07, 6.45) is 1.28. The molecule has 1 aliphatic heterocycles. The second-order valence-electron chi connectivity index (χ2n) is 4.26. The summed E-state index contributed by atoms with van der Waals surface area (Å²) in [6.45, 7) is 6.04. The molecule has 0 aromatic heterocycles. The van der Waals surface area contributed by atoms with Gasteiger partial charge in [-0.05, 0) is 30.7 Å². The largest absolute Gasteiger partial charge is 0.508 e. The summed E-state index contributed by atoms with van der Waals surface area (Å²) in [4.78, 5) is 2.41. The van der Waals surface area contributed by atoms with Crippen LogP contribution in [0.5, 0.6) is 5.75 Å². The van der Waals surface area contributed by atoms with E-state index in [0.29, 0.717) is 5.75 Å². The van der Waals surface area contributed by atoms with Crippen LogP contribution in [-0.2, 0) is 4.74 Å². The van der Waals surface area contributed by atoms with Crippen molar-refractivity contribution in [1.29, 1.82) is 0 Å². The molecule has 1 N–H and O–H groups in total. The molecule has 0 saturated carbocycles. The first kappa shape index (κ1) is 11.4. The lowest BCUT2D eigenvalue weighted by Gasteiger charge is -2.32. The minimum absolute atomic E-state index is 0.104. The van der Waals surface area contributed by atoms with Crippen molar-refractivity contribution >= 4 is 0 Å². The Bertz CT molecular complexity index is 338. The molecule has 0 radical (unpaired) electrons. The van der Waals surface area contributed by atoms with E-state index in [2.05, 4.69) is 11.8 Å². The molecule has 0 aliphatic carbocycles. The summed E-state index contributed by atoms with van der Waals surface area (Å²) in [6, 6.07) is 7.36. The number of phenols is 1. The van der Waals surface area contributed by atoms with Crippen LogP contribution >= 0.6 is 0 Å². The third-order valence-corrected chi connectivity index (χ3v) is 2.93. The lowest BCUT2D eigenvalue weighted by atomic mass is 10.1. The quantitative estimate of drug-likeness (QED) is 0.849. The van der Waals surface area contributed by atoms with Crippen LogP contribution in [0.2, 0.25) is 0 Å². The Morgan fingerprint density at radius 1 is 1.50 bits per heavy atom. The first-order valence-electron chi connectivity index (χ1n) is 5.92. The highest BCUT2D eigenvalue weighted by molar-refractivity contribution is 5.29. The van der Waals surface area contributed by atoms with Crippen molar-refractivity contribution in [3.8, 4) is 5.75 Å². The van der Waals surface area contributed by atoms with Gasteiger partial charge in [0.15, 0.2) is 0 Å². The average Bonchev–Trinajstić information content (AvgIpc) is 2.30. The second-order valence-corrected chi connectivity index (χ2v) is 4.26. The molecule has 1 atom stereocenters. The molecular formula is C13H19NO2. The molecule has 1 heterocycles. The number of morpholine rings is 1. The topological polar surface area (TPSA) is 32.7 Å². The van der Waals surface area contributed by atoms with E-state index in [1.807, 2.05) is 12.1 Å². The van der Waals surface area contributed by atoms with Crippen LogP contribution in [0.25, 0.3) is 0 Å². The average molecular weight is 221 g/mol. The van der Waals surface area contributed by atoms with Crippen LogP contribution in [0.3, 0.4) is 0 Å². The predicted molar refractivity (Wildman–Crippen MR) is 63.5 cm³/mol. The Kier molecular flexibility index (Phi) is 3.80. The molecule has 1 aromatic rings. The number of nitrogens with zero attached hydrogens (tertiary/aromatic N) is 1. The van der Waals surface area contributed by atoms with Gasteiger partial charge in [-0.15, -0.1) is 0 Å². The highest BCUT2D eigenvalue weighted by Crippen LogP contribution is 2.24. The first-order valence-corrected chi connectivity index (χ1v) is 5.92. The summed E-state index contributed by atoms with van der Waals surface area (Å²) in [5.41, 5.74) is 1.07. The van der Waals surface area contributed by atoms with E-state index in [-0.39, 0.29) is 6.10 Å². The molecule has 16 heavy (non-hydrogen) atoms. The second kappa shape index (κ2) is 5.32. The SMILES string of the molecule is CCCN1CCO[C@@H](c2cccc(O)c2)C1. The monoisotopic (exact) mass is 221 g/mol. The minimum atomic E-state index is 0.104. The zero-order valence-corrected chi connectivity index (χ0v) is 9.72. The molecule has 88 valence electrons. The van der Waals surface area contributed by atoms with Gasteiger partial charge in [-0.25, -0.2) is 0 Å². The predicted octanol–water partition coefficient (Wildman–Crippen LogP) is 2.18. The molecule has 1 saturated heterocycles. The number of phenolic OH excluding ortho intramolecular Hbond substituents is 1. The van der Waals surface area contributed by atoms with E-state index in [1.165, 1.54) is 6.42 Å². The van der Waals surface area contributed by atoms with Crippen molar-refractivity contribution in [2.24, 2.45) is 0 Å². The Morgan fingerprint density at radius 2 is 2.38 bits per heavy atom. The van der Waals surface area contributed by atoms with Crippen molar-refractivity contribution < 1.29 is 9.84 Å².